The van der Waals surface area contributed by atoms with Crippen molar-refractivity contribution >= 4 is 22.4 Å². The third-order valence-electron chi connectivity index (χ3n) is 2.13. The van der Waals surface area contributed by atoms with E-state index < -0.39 is 0 Å². The van der Waals surface area contributed by atoms with Gasteiger partial charge in [0.2, 0.25) is 0 Å². The lowest BCUT2D eigenvalue weighted by Crippen LogP contribution is -1.72. The maximum absolute atomic E-state index is 9.31. The highest BCUT2D eigenvalue weighted by Gasteiger charge is 2.06. The zero-order valence-corrected chi connectivity index (χ0v) is 8.45. The Morgan fingerprint density at radius 1 is 1.33 bits per heavy atom. The van der Waals surface area contributed by atoms with Crippen LogP contribution in [0, 0.1) is 0 Å². The first-order valence-electron chi connectivity index (χ1n) is 4.40. The number of phenolic OH excluding ortho intramolecular Hbond substituents is 1. The van der Waals surface area contributed by atoms with Gasteiger partial charge in [0.05, 0.1) is 21.4 Å². The van der Waals surface area contributed by atoms with Crippen molar-refractivity contribution in [2.24, 2.45) is 0 Å². The van der Waals surface area contributed by atoms with Crippen LogP contribution in [0.5, 0.6) is 5.75 Å². The molecule has 0 saturated heterocycles. The number of aromatic hydroxyl groups is 1. The molecule has 0 aliphatic rings. The quantitative estimate of drug-likeness (QED) is 0.658. The van der Waals surface area contributed by atoms with Crippen LogP contribution >= 0.6 is 11.3 Å². The number of imidazole rings is 1. The van der Waals surface area contributed by atoms with Gasteiger partial charge >= 0.3 is 0 Å². The summed E-state index contributed by atoms with van der Waals surface area (Å²) in [6.45, 7) is 0. The summed E-state index contributed by atoms with van der Waals surface area (Å²) in [7, 11) is 0. The summed E-state index contributed by atoms with van der Waals surface area (Å²) in [4.78, 5) is 12.5. The monoisotopic (exact) mass is 217 g/mol. The Labute approximate surface area is 89.3 Å². The molecule has 74 valence electrons. The molecule has 4 nitrogen and oxygen atoms in total. The van der Waals surface area contributed by atoms with Gasteiger partial charge in [-0.3, -0.25) is 4.98 Å². The first kappa shape index (κ1) is 8.43. The minimum absolute atomic E-state index is 0.238. The van der Waals surface area contributed by atoms with Gasteiger partial charge in [-0.05, 0) is 12.1 Å². The van der Waals surface area contributed by atoms with Crippen LogP contribution in [0.15, 0.2) is 29.9 Å². The number of rotatable bonds is 1. The van der Waals surface area contributed by atoms with Crippen LogP contribution < -0.4 is 0 Å². The first-order valence-corrected chi connectivity index (χ1v) is 5.28. The summed E-state index contributed by atoms with van der Waals surface area (Å²) >= 11 is 1.53. The molecule has 0 aliphatic carbocycles. The Morgan fingerprint density at radius 3 is 3.07 bits per heavy atom. The lowest BCUT2D eigenvalue weighted by Gasteiger charge is -1.88. The standard InChI is InChI=1S/C10H7N3OS/c14-6-1-2-7-8(3-6)13-10(12-7)9-4-11-5-15-9/h1-5,14H,(H,12,13). The van der Waals surface area contributed by atoms with Crippen molar-refractivity contribution in [1.29, 1.82) is 0 Å². The van der Waals surface area contributed by atoms with E-state index in [2.05, 4.69) is 15.0 Å². The molecule has 0 amide bonds. The molecule has 15 heavy (non-hydrogen) atoms. The number of hydrogen-bond donors (Lipinski definition) is 2. The van der Waals surface area contributed by atoms with Gasteiger partial charge in [-0.15, -0.1) is 11.3 Å². The zero-order chi connectivity index (χ0) is 10.3. The molecule has 2 N–H and O–H groups in total. The number of hydrogen-bond acceptors (Lipinski definition) is 4. The molecule has 1 aromatic carbocycles. The van der Waals surface area contributed by atoms with Crippen LogP contribution in [-0.4, -0.2) is 20.1 Å². The fourth-order valence-corrected chi connectivity index (χ4v) is 2.01. The van der Waals surface area contributed by atoms with Crippen LogP contribution in [0.4, 0.5) is 0 Å². The molecular weight excluding hydrogens is 210 g/mol. The summed E-state index contributed by atoms with van der Waals surface area (Å²) in [5.74, 6) is 1.03. The lowest BCUT2D eigenvalue weighted by molar-refractivity contribution is 0.476. The Morgan fingerprint density at radius 2 is 2.27 bits per heavy atom. The van der Waals surface area contributed by atoms with E-state index in [0.29, 0.717) is 0 Å². The highest BCUT2D eigenvalue weighted by Crippen LogP contribution is 2.24. The van der Waals surface area contributed by atoms with Crippen molar-refractivity contribution in [2.45, 2.75) is 0 Å². The van der Waals surface area contributed by atoms with E-state index in [1.807, 2.05) is 0 Å². The van der Waals surface area contributed by atoms with Crippen LogP contribution in [-0.2, 0) is 0 Å². The SMILES string of the molecule is Oc1ccc2nc(-c3cncs3)[nH]c2c1. The first-order chi connectivity index (χ1) is 7.33. The number of nitrogens with one attached hydrogen (secondary N) is 1. The van der Waals surface area contributed by atoms with Crippen molar-refractivity contribution < 1.29 is 5.11 Å². The minimum atomic E-state index is 0.238. The smallest absolute Gasteiger partial charge is 0.150 e. The molecule has 2 aromatic heterocycles. The van der Waals surface area contributed by atoms with Gasteiger partial charge in [0, 0.05) is 12.3 Å². The second-order valence-electron chi connectivity index (χ2n) is 3.15. The van der Waals surface area contributed by atoms with Gasteiger partial charge < -0.3 is 10.1 Å². The second kappa shape index (κ2) is 3.06. The Hall–Kier alpha value is -1.88. The molecular formula is C10H7N3OS. The van der Waals surface area contributed by atoms with E-state index in [1.165, 1.54) is 11.3 Å². The van der Waals surface area contributed by atoms with Crippen molar-refractivity contribution in [2.75, 3.05) is 0 Å². The lowest BCUT2D eigenvalue weighted by atomic mass is 10.3. The summed E-state index contributed by atoms with van der Waals surface area (Å²) in [5.41, 5.74) is 3.44. The molecule has 0 fully saturated rings. The molecule has 0 radical (unpaired) electrons. The summed E-state index contributed by atoms with van der Waals surface area (Å²) < 4.78 is 0. The molecule has 0 aliphatic heterocycles. The third kappa shape index (κ3) is 1.37. The molecule has 5 heteroatoms. The number of H-pyrrole nitrogens is 1. The topological polar surface area (TPSA) is 61.8 Å². The average molecular weight is 217 g/mol. The van der Waals surface area contributed by atoms with Crippen LogP contribution in [0.1, 0.15) is 0 Å². The number of phenols is 1. The van der Waals surface area contributed by atoms with Crippen molar-refractivity contribution in [3.05, 3.63) is 29.9 Å². The molecule has 3 rings (SSSR count). The van der Waals surface area contributed by atoms with E-state index in [9.17, 15) is 5.11 Å². The van der Waals surface area contributed by atoms with E-state index in [1.54, 1.807) is 29.9 Å². The highest BCUT2D eigenvalue weighted by atomic mass is 32.1. The Bertz CT molecular complexity index is 600. The van der Waals surface area contributed by atoms with E-state index in [-0.39, 0.29) is 5.75 Å². The van der Waals surface area contributed by atoms with Crippen molar-refractivity contribution in [3.63, 3.8) is 0 Å². The van der Waals surface area contributed by atoms with Crippen LogP contribution in [0.3, 0.4) is 0 Å². The van der Waals surface area contributed by atoms with Gasteiger partial charge in [0.1, 0.15) is 11.6 Å². The molecule has 0 saturated carbocycles. The van der Waals surface area contributed by atoms with Gasteiger partial charge in [-0.2, -0.15) is 0 Å². The Kier molecular flexibility index (Phi) is 1.72. The maximum Gasteiger partial charge on any atom is 0.150 e. The maximum atomic E-state index is 9.31. The number of aromatic amines is 1. The fraction of sp³-hybridized carbons (Fsp3) is 0. The zero-order valence-electron chi connectivity index (χ0n) is 7.64. The second-order valence-corrected chi connectivity index (χ2v) is 4.04. The van der Waals surface area contributed by atoms with E-state index in [0.717, 1.165) is 21.7 Å². The third-order valence-corrected chi connectivity index (χ3v) is 2.91. The van der Waals surface area contributed by atoms with Gasteiger partial charge in [0.25, 0.3) is 0 Å². The normalized spacial score (nSPS) is 10.9. The van der Waals surface area contributed by atoms with Crippen molar-refractivity contribution in [3.8, 4) is 16.5 Å². The number of thiazole rings is 1. The average Bonchev–Trinajstić information content (AvgIpc) is 2.84. The molecule has 2 heterocycles. The predicted octanol–water partition coefficient (Wildman–Crippen LogP) is 2.39. The highest BCUT2D eigenvalue weighted by molar-refractivity contribution is 7.13. The molecule has 0 bridgehead atoms. The summed E-state index contributed by atoms with van der Waals surface area (Å²) in [5, 5.41) is 9.31. The van der Waals surface area contributed by atoms with Gasteiger partial charge in [0.15, 0.2) is 0 Å². The number of nitrogens with zero attached hydrogens (tertiary/aromatic N) is 2. The molecule has 0 atom stereocenters. The molecule has 0 spiro atoms. The Balaban J connectivity index is 2.22. The fourth-order valence-electron chi connectivity index (χ4n) is 1.45. The van der Waals surface area contributed by atoms with E-state index >= 15 is 0 Å². The molecule has 0 unspecified atom stereocenters. The number of fused-ring (bicyclic) bond motifs is 1. The van der Waals surface area contributed by atoms with Gasteiger partial charge in [-0.25, -0.2) is 4.98 Å². The summed E-state index contributed by atoms with van der Waals surface area (Å²) in [6, 6.07) is 5.07. The number of benzene rings is 1. The van der Waals surface area contributed by atoms with E-state index in [4.69, 9.17) is 0 Å². The predicted molar refractivity (Wildman–Crippen MR) is 58.9 cm³/mol. The largest absolute Gasteiger partial charge is 0.508 e. The van der Waals surface area contributed by atoms with Crippen LogP contribution in [0.2, 0.25) is 0 Å². The molecule has 3 aromatic rings. The van der Waals surface area contributed by atoms with Crippen molar-refractivity contribution in [1.82, 2.24) is 15.0 Å². The minimum Gasteiger partial charge on any atom is -0.508 e. The van der Waals surface area contributed by atoms with Crippen LogP contribution in [0.25, 0.3) is 21.7 Å². The summed E-state index contributed by atoms with van der Waals surface area (Å²) in [6.07, 6.45) is 1.77. The van der Waals surface area contributed by atoms with Gasteiger partial charge in [-0.1, -0.05) is 0 Å². The number of aromatic nitrogens is 3.